The summed E-state index contributed by atoms with van der Waals surface area (Å²) in [6.45, 7) is 4.16. The number of hydrogen-bond donors (Lipinski definition) is 1. The zero-order valence-electron chi connectivity index (χ0n) is 10.5. The van der Waals surface area contributed by atoms with Crippen LogP contribution >= 0.6 is 0 Å². The van der Waals surface area contributed by atoms with E-state index in [0.717, 1.165) is 5.56 Å². The van der Waals surface area contributed by atoms with Crippen LogP contribution in [0.3, 0.4) is 0 Å². The van der Waals surface area contributed by atoms with Gasteiger partial charge in [0.15, 0.2) is 0 Å². The van der Waals surface area contributed by atoms with Crippen LogP contribution in [0.25, 0.3) is 16.6 Å². The molecule has 0 amide bonds. The Hall–Kier alpha value is -2.22. The maximum absolute atomic E-state index is 9.49. The Morgan fingerprint density at radius 1 is 1.00 bits per heavy atom. The van der Waals surface area contributed by atoms with Gasteiger partial charge in [0.25, 0.3) is 0 Å². The highest BCUT2D eigenvalue weighted by Gasteiger charge is 2.10. The van der Waals surface area contributed by atoms with Crippen LogP contribution in [0.15, 0.2) is 48.8 Å². The number of nitrogens with zero attached hydrogens (tertiary/aromatic N) is 1. The van der Waals surface area contributed by atoms with Crippen molar-refractivity contribution < 1.29 is 5.11 Å². The average Bonchev–Trinajstić information content (AvgIpc) is 2.68. The Kier molecular flexibility index (Phi) is 2.37. The Bertz CT molecular complexity index is 725. The molecule has 0 saturated carbocycles. The van der Waals surface area contributed by atoms with E-state index in [1.807, 2.05) is 19.1 Å². The van der Waals surface area contributed by atoms with Crippen molar-refractivity contribution in [3.05, 3.63) is 59.9 Å². The summed E-state index contributed by atoms with van der Waals surface area (Å²) in [5.41, 5.74) is 5.98. The molecule has 0 aliphatic rings. The van der Waals surface area contributed by atoms with E-state index in [4.69, 9.17) is 0 Å². The van der Waals surface area contributed by atoms with Crippen molar-refractivity contribution in [2.24, 2.45) is 0 Å². The molecule has 2 heterocycles. The predicted octanol–water partition coefficient (Wildman–Crippen LogP) is 3.93. The summed E-state index contributed by atoms with van der Waals surface area (Å²) in [6, 6.07) is 11.7. The number of phenolic OH excluding ortho intramolecular Hbond substituents is 1. The van der Waals surface area contributed by atoms with Gasteiger partial charge in [-0.3, -0.25) is 0 Å². The maximum atomic E-state index is 9.49. The number of aromatic hydroxyl groups is 1. The third-order valence-electron chi connectivity index (χ3n) is 3.45. The monoisotopic (exact) mass is 237 g/mol. The molecule has 0 unspecified atom stereocenters. The molecule has 3 rings (SSSR count). The summed E-state index contributed by atoms with van der Waals surface area (Å²) in [7, 11) is 0. The van der Waals surface area contributed by atoms with Crippen LogP contribution in [0.1, 0.15) is 11.1 Å². The lowest BCUT2D eigenvalue weighted by atomic mass is 9.99. The minimum atomic E-state index is 0.317. The van der Waals surface area contributed by atoms with Crippen molar-refractivity contribution in [1.82, 2.24) is 4.40 Å². The number of aromatic nitrogens is 1. The summed E-state index contributed by atoms with van der Waals surface area (Å²) in [5.74, 6) is 0.317. The number of phenols is 1. The van der Waals surface area contributed by atoms with Gasteiger partial charge >= 0.3 is 0 Å². The molecule has 0 bridgehead atoms. The highest BCUT2D eigenvalue weighted by Crippen LogP contribution is 2.31. The maximum Gasteiger partial charge on any atom is 0.115 e. The number of benzene rings is 1. The van der Waals surface area contributed by atoms with Crippen LogP contribution in [0.4, 0.5) is 0 Å². The van der Waals surface area contributed by atoms with Crippen LogP contribution in [0.2, 0.25) is 0 Å². The molecule has 0 radical (unpaired) electrons. The smallest absolute Gasteiger partial charge is 0.115 e. The molecule has 0 aliphatic carbocycles. The van der Waals surface area contributed by atoms with Gasteiger partial charge in [-0.05, 0) is 54.8 Å². The summed E-state index contributed by atoms with van der Waals surface area (Å²) in [4.78, 5) is 0. The lowest BCUT2D eigenvalue weighted by Gasteiger charge is -2.05. The first kappa shape index (κ1) is 10.9. The average molecular weight is 237 g/mol. The molecule has 1 aromatic carbocycles. The van der Waals surface area contributed by atoms with Crippen LogP contribution in [-0.2, 0) is 0 Å². The molecule has 0 aliphatic heterocycles. The highest BCUT2D eigenvalue weighted by atomic mass is 16.3. The van der Waals surface area contributed by atoms with Gasteiger partial charge in [0.1, 0.15) is 5.75 Å². The SMILES string of the molecule is Cc1cc(O)ccc1-c1cn2ccccc2c1C. The molecule has 1 N–H and O–H groups in total. The van der Waals surface area contributed by atoms with E-state index in [0.29, 0.717) is 5.75 Å². The molecule has 90 valence electrons. The summed E-state index contributed by atoms with van der Waals surface area (Å²) in [6.07, 6.45) is 4.20. The number of pyridine rings is 1. The molecule has 0 saturated heterocycles. The second-order valence-corrected chi connectivity index (χ2v) is 4.66. The van der Waals surface area contributed by atoms with Crippen molar-refractivity contribution in [1.29, 1.82) is 0 Å². The van der Waals surface area contributed by atoms with Gasteiger partial charge in [0, 0.05) is 23.5 Å². The van der Waals surface area contributed by atoms with Crippen molar-refractivity contribution in [2.45, 2.75) is 13.8 Å². The lowest BCUT2D eigenvalue weighted by molar-refractivity contribution is 0.475. The highest BCUT2D eigenvalue weighted by molar-refractivity contribution is 5.78. The van der Waals surface area contributed by atoms with Crippen molar-refractivity contribution in [3.63, 3.8) is 0 Å². The van der Waals surface area contributed by atoms with E-state index in [9.17, 15) is 5.11 Å². The molecule has 0 atom stereocenters. The molecule has 2 nitrogen and oxygen atoms in total. The van der Waals surface area contributed by atoms with Crippen molar-refractivity contribution in [2.75, 3.05) is 0 Å². The molecular formula is C16H15NO. The van der Waals surface area contributed by atoms with Crippen molar-refractivity contribution in [3.8, 4) is 16.9 Å². The lowest BCUT2D eigenvalue weighted by Crippen LogP contribution is -1.82. The van der Waals surface area contributed by atoms with Crippen LogP contribution in [-0.4, -0.2) is 9.51 Å². The van der Waals surface area contributed by atoms with Gasteiger partial charge in [-0.1, -0.05) is 12.1 Å². The van der Waals surface area contributed by atoms with E-state index in [-0.39, 0.29) is 0 Å². The zero-order chi connectivity index (χ0) is 12.7. The summed E-state index contributed by atoms with van der Waals surface area (Å²) in [5, 5.41) is 9.49. The number of hydrogen-bond acceptors (Lipinski definition) is 1. The van der Waals surface area contributed by atoms with Gasteiger partial charge in [-0.2, -0.15) is 0 Å². The summed E-state index contributed by atoms with van der Waals surface area (Å²) >= 11 is 0. The Morgan fingerprint density at radius 2 is 1.83 bits per heavy atom. The number of aryl methyl sites for hydroxylation is 2. The standard InChI is InChI=1S/C16H15NO/c1-11-9-13(18)6-7-14(11)15-10-17-8-4-3-5-16(17)12(15)2/h3-10,18H,1-2H3. The van der Waals surface area contributed by atoms with Crippen LogP contribution in [0.5, 0.6) is 5.75 Å². The number of rotatable bonds is 1. The van der Waals surface area contributed by atoms with E-state index in [1.54, 1.807) is 12.1 Å². The summed E-state index contributed by atoms with van der Waals surface area (Å²) < 4.78 is 2.14. The third kappa shape index (κ3) is 1.58. The number of fused-ring (bicyclic) bond motifs is 1. The van der Waals surface area contributed by atoms with E-state index >= 15 is 0 Å². The largest absolute Gasteiger partial charge is 0.508 e. The third-order valence-corrected chi connectivity index (χ3v) is 3.45. The zero-order valence-corrected chi connectivity index (χ0v) is 10.5. The second kappa shape index (κ2) is 3.91. The molecule has 0 fully saturated rings. The fourth-order valence-electron chi connectivity index (χ4n) is 2.48. The predicted molar refractivity (Wildman–Crippen MR) is 74.0 cm³/mol. The van der Waals surface area contributed by atoms with E-state index < -0.39 is 0 Å². The Balaban J connectivity index is 2.28. The molecule has 2 aromatic heterocycles. The van der Waals surface area contributed by atoms with Gasteiger partial charge in [0.2, 0.25) is 0 Å². The van der Waals surface area contributed by atoms with Gasteiger partial charge in [0.05, 0.1) is 0 Å². The fourth-order valence-corrected chi connectivity index (χ4v) is 2.48. The Morgan fingerprint density at radius 3 is 2.56 bits per heavy atom. The molecular weight excluding hydrogens is 222 g/mol. The van der Waals surface area contributed by atoms with Gasteiger partial charge in [-0.25, -0.2) is 0 Å². The molecule has 0 spiro atoms. The van der Waals surface area contributed by atoms with Gasteiger partial charge < -0.3 is 9.51 Å². The van der Waals surface area contributed by atoms with Crippen LogP contribution in [0, 0.1) is 13.8 Å². The fraction of sp³-hybridized carbons (Fsp3) is 0.125. The normalized spacial score (nSPS) is 11.0. The minimum Gasteiger partial charge on any atom is -0.508 e. The molecule has 3 aromatic rings. The molecule has 2 heteroatoms. The van der Waals surface area contributed by atoms with E-state index in [2.05, 4.69) is 35.9 Å². The van der Waals surface area contributed by atoms with E-state index in [1.165, 1.54) is 22.2 Å². The minimum absolute atomic E-state index is 0.317. The first-order chi connectivity index (χ1) is 8.66. The quantitative estimate of drug-likeness (QED) is 0.681. The topological polar surface area (TPSA) is 24.6 Å². The van der Waals surface area contributed by atoms with Crippen LogP contribution < -0.4 is 0 Å². The molecule has 18 heavy (non-hydrogen) atoms. The first-order valence-electron chi connectivity index (χ1n) is 6.03. The second-order valence-electron chi connectivity index (χ2n) is 4.66. The first-order valence-corrected chi connectivity index (χ1v) is 6.03. The van der Waals surface area contributed by atoms with Gasteiger partial charge in [-0.15, -0.1) is 0 Å². The van der Waals surface area contributed by atoms with Crippen molar-refractivity contribution >= 4 is 5.52 Å². The Labute approximate surface area is 106 Å².